The topological polar surface area (TPSA) is 33.2 Å². The average Bonchev–Trinajstić information content (AvgIpc) is 2.73. The van der Waals surface area contributed by atoms with Crippen LogP contribution in [0.5, 0.6) is 0 Å². The molecule has 0 atom stereocenters. The highest BCUT2D eigenvalue weighted by molar-refractivity contribution is 5.77. The first-order valence-corrected chi connectivity index (χ1v) is 6.93. The van der Waals surface area contributed by atoms with Gasteiger partial charge in [-0.15, -0.1) is 0 Å². The second-order valence-electron chi connectivity index (χ2n) is 6.13. The lowest BCUT2D eigenvalue weighted by molar-refractivity contribution is 0.111. The predicted octanol–water partition coefficient (Wildman–Crippen LogP) is 3.77. The van der Waals surface area contributed by atoms with E-state index in [0.29, 0.717) is 17.8 Å². The van der Waals surface area contributed by atoms with Crippen LogP contribution in [-0.4, -0.2) is 17.8 Å². The maximum atomic E-state index is 13.8. The fourth-order valence-electron chi connectivity index (χ4n) is 2.78. The van der Waals surface area contributed by atoms with Gasteiger partial charge in [-0.1, -0.05) is 19.9 Å². The molecule has 0 N–H and O–H groups in total. The van der Waals surface area contributed by atoms with Crippen molar-refractivity contribution in [3.05, 3.63) is 53.1 Å². The van der Waals surface area contributed by atoms with Gasteiger partial charge in [0.25, 0.3) is 0 Å². The third kappa shape index (κ3) is 2.20. The summed E-state index contributed by atoms with van der Waals surface area (Å²) in [7, 11) is 0. The van der Waals surface area contributed by atoms with E-state index in [4.69, 9.17) is 0 Å². The molecule has 0 aliphatic carbocycles. The monoisotopic (exact) mass is 284 g/mol. The zero-order valence-corrected chi connectivity index (χ0v) is 12.4. The van der Waals surface area contributed by atoms with Crippen molar-refractivity contribution < 1.29 is 9.18 Å². The summed E-state index contributed by atoms with van der Waals surface area (Å²) in [5, 5.41) is 0. The number of aldehydes is 1. The lowest BCUT2D eigenvalue weighted by atomic mass is 9.91. The summed E-state index contributed by atoms with van der Waals surface area (Å²) in [5.41, 5.74) is 3.51. The minimum atomic E-state index is -0.212. The van der Waals surface area contributed by atoms with Crippen LogP contribution in [0.4, 0.5) is 15.8 Å². The molecular formula is C17H17FN2O. The van der Waals surface area contributed by atoms with E-state index in [-0.39, 0.29) is 11.2 Å². The van der Waals surface area contributed by atoms with Gasteiger partial charge in [-0.3, -0.25) is 4.79 Å². The van der Waals surface area contributed by atoms with E-state index in [2.05, 4.69) is 23.7 Å². The van der Waals surface area contributed by atoms with Gasteiger partial charge in [0, 0.05) is 17.6 Å². The van der Waals surface area contributed by atoms with Crippen molar-refractivity contribution in [3.8, 4) is 0 Å². The van der Waals surface area contributed by atoms with E-state index in [9.17, 15) is 9.18 Å². The SMILES string of the molecule is Cc1ccc(N2CC(C)(C)c3nc(C=O)ccc32)cc1F. The quantitative estimate of drug-likeness (QED) is 0.787. The van der Waals surface area contributed by atoms with Crippen molar-refractivity contribution in [2.24, 2.45) is 0 Å². The standard InChI is InChI=1S/C17H17FN2O/c1-11-4-6-13(8-14(11)18)20-10-17(2,3)16-15(20)7-5-12(9-21)19-16/h4-9H,10H2,1-3H3. The Kier molecular flexibility index (Phi) is 3.04. The van der Waals surface area contributed by atoms with Crippen LogP contribution in [0.15, 0.2) is 30.3 Å². The summed E-state index contributed by atoms with van der Waals surface area (Å²) in [6.45, 7) is 6.62. The number of aromatic nitrogens is 1. The Morgan fingerprint density at radius 2 is 2.05 bits per heavy atom. The van der Waals surface area contributed by atoms with E-state index < -0.39 is 0 Å². The first-order valence-electron chi connectivity index (χ1n) is 6.93. The second-order valence-corrected chi connectivity index (χ2v) is 6.13. The molecule has 0 fully saturated rings. The molecule has 2 heterocycles. The lowest BCUT2D eigenvalue weighted by Gasteiger charge is -2.22. The molecule has 1 aromatic heterocycles. The number of hydrogen-bond acceptors (Lipinski definition) is 3. The first-order chi connectivity index (χ1) is 9.92. The van der Waals surface area contributed by atoms with E-state index in [1.165, 1.54) is 0 Å². The summed E-state index contributed by atoms with van der Waals surface area (Å²) in [6, 6.07) is 8.83. The van der Waals surface area contributed by atoms with Crippen molar-refractivity contribution in [2.75, 3.05) is 11.4 Å². The lowest BCUT2D eigenvalue weighted by Crippen LogP contribution is -2.25. The Hall–Kier alpha value is -2.23. The van der Waals surface area contributed by atoms with Gasteiger partial charge in [0.1, 0.15) is 11.5 Å². The van der Waals surface area contributed by atoms with E-state index in [1.54, 1.807) is 25.1 Å². The second kappa shape index (κ2) is 4.65. The van der Waals surface area contributed by atoms with Gasteiger partial charge in [-0.05, 0) is 36.8 Å². The average molecular weight is 284 g/mol. The molecule has 1 aliphatic heterocycles. The summed E-state index contributed by atoms with van der Waals surface area (Å²) < 4.78 is 13.8. The number of halogens is 1. The first kappa shape index (κ1) is 13.7. The molecule has 0 spiro atoms. The number of rotatable bonds is 2. The van der Waals surface area contributed by atoms with Gasteiger partial charge in [-0.25, -0.2) is 9.37 Å². The molecule has 3 rings (SSSR count). The maximum Gasteiger partial charge on any atom is 0.168 e. The molecule has 0 radical (unpaired) electrons. The fourth-order valence-corrected chi connectivity index (χ4v) is 2.78. The number of benzene rings is 1. The molecule has 3 nitrogen and oxygen atoms in total. The van der Waals surface area contributed by atoms with Crippen LogP contribution in [0.3, 0.4) is 0 Å². The Morgan fingerprint density at radius 3 is 2.71 bits per heavy atom. The number of carbonyl (C=O) groups is 1. The van der Waals surface area contributed by atoms with Crippen molar-refractivity contribution in [2.45, 2.75) is 26.2 Å². The van der Waals surface area contributed by atoms with Gasteiger partial charge < -0.3 is 4.90 Å². The Labute approximate surface area is 123 Å². The molecule has 2 aromatic rings. The molecule has 0 bridgehead atoms. The molecule has 108 valence electrons. The zero-order valence-electron chi connectivity index (χ0n) is 12.4. The van der Waals surface area contributed by atoms with Crippen molar-refractivity contribution in [1.82, 2.24) is 4.98 Å². The summed E-state index contributed by atoms with van der Waals surface area (Å²) in [5.74, 6) is -0.212. The molecular weight excluding hydrogens is 267 g/mol. The molecule has 0 saturated carbocycles. The van der Waals surface area contributed by atoms with Gasteiger partial charge >= 0.3 is 0 Å². The molecule has 4 heteroatoms. The molecule has 0 unspecified atom stereocenters. The van der Waals surface area contributed by atoms with Crippen LogP contribution in [0.2, 0.25) is 0 Å². The smallest absolute Gasteiger partial charge is 0.168 e. The van der Waals surface area contributed by atoms with Gasteiger partial charge in [0.2, 0.25) is 0 Å². The van der Waals surface area contributed by atoms with E-state index >= 15 is 0 Å². The van der Waals surface area contributed by atoms with Gasteiger partial charge in [0.05, 0.1) is 11.4 Å². The molecule has 1 aromatic carbocycles. The molecule has 0 amide bonds. The van der Waals surface area contributed by atoms with E-state index in [0.717, 1.165) is 23.4 Å². The minimum Gasteiger partial charge on any atom is -0.339 e. The summed E-state index contributed by atoms with van der Waals surface area (Å²) in [6.07, 6.45) is 0.755. The van der Waals surface area contributed by atoms with Crippen LogP contribution >= 0.6 is 0 Å². The number of pyridine rings is 1. The Bertz CT molecular complexity index is 725. The highest BCUT2D eigenvalue weighted by atomic mass is 19.1. The molecule has 0 saturated heterocycles. The van der Waals surface area contributed by atoms with Crippen LogP contribution < -0.4 is 4.90 Å². The van der Waals surface area contributed by atoms with Crippen molar-refractivity contribution in [3.63, 3.8) is 0 Å². The Balaban J connectivity index is 2.12. The number of nitrogens with zero attached hydrogens (tertiary/aromatic N) is 2. The number of fused-ring (bicyclic) bond motifs is 1. The maximum absolute atomic E-state index is 13.8. The summed E-state index contributed by atoms with van der Waals surface area (Å²) >= 11 is 0. The highest BCUT2D eigenvalue weighted by Crippen LogP contribution is 2.43. The van der Waals surface area contributed by atoms with Gasteiger partial charge in [0.15, 0.2) is 6.29 Å². The highest BCUT2D eigenvalue weighted by Gasteiger charge is 2.37. The molecule has 21 heavy (non-hydrogen) atoms. The van der Waals surface area contributed by atoms with Crippen LogP contribution in [0.25, 0.3) is 0 Å². The Morgan fingerprint density at radius 1 is 1.29 bits per heavy atom. The van der Waals surface area contributed by atoms with Gasteiger partial charge in [-0.2, -0.15) is 0 Å². The van der Waals surface area contributed by atoms with Crippen LogP contribution in [-0.2, 0) is 5.41 Å². The number of carbonyl (C=O) groups excluding carboxylic acids is 1. The van der Waals surface area contributed by atoms with Crippen LogP contribution in [0.1, 0.15) is 35.6 Å². The summed E-state index contributed by atoms with van der Waals surface area (Å²) in [4.78, 5) is 17.4. The van der Waals surface area contributed by atoms with Crippen LogP contribution in [0, 0.1) is 12.7 Å². The zero-order chi connectivity index (χ0) is 15.2. The van der Waals surface area contributed by atoms with E-state index in [1.807, 2.05) is 12.1 Å². The third-order valence-electron chi connectivity index (χ3n) is 3.97. The normalized spacial score (nSPS) is 15.9. The number of aryl methyl sites for hydroxylation is 1. The largest absolute Gasteiger partial charge is 0.339 e. The van der Waals surface area contributed by atoms with Crippen molar-refractivity contribution in [1.29, 1.82) is 0 Å². The minimum absolute atomic E-state index is 0.185. The fraction of sp³-hybridized carbons (Fsp3) is 0.294. The third-order valence-corrected chi connectivity index (χ3v) is 3.97. The molecule has 1 aliphatic rings. The van der Waals surface area contributed by atoms with Crippen molar-refractivity contribution >= 4 is 17.7 Å². The number of hydrogen-bond donors (Lipinski definition) is 0. The predicted molar refractivity (Wildman–Crippen MR) is 80.8 cm³/mol. The number of anilines is 2.